The number of carbonyl (C=O) groups is 3. The monoisotopic (exact) mass is 431 g/mol. The van der Waals surface area contributed by atoms with E-state index in [0.29, 0.717) is 19.6 Å². The summed E-state index contributed by atoms with van der Waals surface area (Å²) in [4.78, 5) is 38.3. The molecular weight excluding hydrogens is 398 g/mol. The highest BCUT2D eigenvalue weighted by Gasteiger charge is 2.45. The van der Waals surface area contributed by atoms with Crippen molar-refractivity contribution in [2.24, 2.45) is 0 Å². The summed E-state index contributed by atoms with van der Waals surface area (Å²) < 4.78 is 5.52. The van der Waals surface area contributed by atoms with Crippen LogP contribution >= 0.6 is 0 Å². The summed E-state index contributed by atoms with van der Waals surface area (Å²) in [6.07, 6.45) is 6.66. The summed E-state index contributed by atoms with van der Waals surface area (Å²) in [7, 11) is 0. The molecule has 3 fully saturated rings. The van der Waals surface area contributed by atoms with Crippen LogP contribution in [0.2, 0.25) is 0 Å². The van der Waals surface area contributed by atoms with Crippen molar-refractivity contribution < 1.29 is 24.2 Å². The van der Waals surface area contributed by atoms with Gasteiger partial charge in [-0.15, -0.1) is 0 Å². The van der Waals surface area contributed by atoms with Crippen LogP contribution in [0.1, 0.15) is 51.9 Å². The second-order valence-corrected chi connectivity index (χ2v) is 8.45. The fourth-order valence-electron chi connectivity index (χ4n) is 5.02. The quantitative estimate of drug-likeness (QED) is 0.712. The van der Waals surface area contributed by atoms with Crippen LogP contribution in [-0.2, 0) is 19.1 Å². The van der Waals surface area contributed by atoms with Crippen molar-refractivity contribution >= 4 is 29.7 Å². The highest BCUT2D eigenvalue weighted by molar-refractivity contribution is 6.00. The van der Waals surface area contributed by atoms with Gasteiger partial charge in [0.15, 0.2) is 0 Å². The SMILES string of the molecule is CC1CCC(=O)N1c1cccc(NC(=O)C2(N3CCOCC3)CCCCC2)c1.O=CO. The fourth-order valence-corrected chi connectivity index (χ4v) is 5.02. The van der Waals surface area contributed by atoms with Crippen LogP contribution in [0.25, 0.3) is 0 Å². The summed E-state index contributed by atoms with van der Waals surface area (Å²) in [5.41, 5.74) is 1.21. The molecule has 3 aliphatic rings. The Labute approximate surface area is 183 Å². The molecule has 8 nitrogen and oxygen atoms in total. The molecule has 1 saturated carbocycles. The molecule has 1 atom stereocenters. The fraction of sp³-hybridized carbons (Fsp3) is 0.609. The van der Waals surface area contributed by atoms with Crippen molar-refractivity contribution in [3.63, 3.8) is 0 Å². The van der Waals surface area contributed by atoms with Gasteiger partial charge in [0.2, 0.25) is 11.8 Å². The molecule has 0 radical (unpaired) electrons. The molecule has 2 heterocycles. The van der Waals surface area contributed by atoms with Gasteiger partial charge in [-0.1, -0.05) is 25.3 Å². The van der Waals surface area contributed by atoms with Crippen LogP contribution in [0, 0.1) is 0 Å². The minimum Gasteiger partial charge on any atom is -0.483 e. The van der Waals surface area contributed by atoms with Crippen molar-refractivity contribution in [2.45, 2.75) is 63.5 Å². The van der Waals surface area contributed by atoms with Gasteiger partial charge in [0.25, 0.3) is 6.47 Å². The number of carboxylic acid groups (broad SMARTS) is 1. The van der Waals surface area contributed by atoms with E-state index in [2.05, 4.69) is 17.1 Å². The highest BCUT2D eigenvalue weighted by Crippen LogP contribution is 2.36. The van der Waals surface area contributed by atoms with Crippen molar-refractivity contribution in [3.8, 4) is 0 Å². The van der Waals surface area contributed by atoms with Gasteiger partial charge >= 0.3 is 0 Å². The van der Waals surface area contributed by atoms with Crippen LogP contribution in [0.15, 0.2) is 24.3 Å². The number of hydrogen-bond donors (Lipinski definition) is 2. The zero-order valence-corrected chi connectivity index (χ0v) is 18.2. The van der Waals surface area contributed by atoms with Crippen LogP contribution in [-0.4, -0.2) is 66.2 Å². The van der Waals surface area contributed by atoms with Crippen molar-refractivity contribution in [1.82, 2.24) is 4.90 Å². The molecule has 170 valence electrons. The largest absolute Gasteiger partial charge is 0.483 e. The summed E-state index contributed by atoms with van der Waals surface area (Å²) in [5, 5.41) is 10.1. The van der Waals surface area contributed by atoms with Crippen LogP contribution in [0.4, 0.5) is 11.4 Å². The first kappa shape index (κ1) is 23.2. The smallest absolute Gasteiger partial charge is 0.290 e. The van der Waals surface area contributed by atoms with E-state index in [9.17, 15) is 9.59 Å². The second kappa shape index (κ2) is 10.7. The van der Waals surface area contributed by atoms with E-state index in [1.54, 1.807) is 0 Å². The molecule has 1 unspecified atom stereocenters. The summed E-state index contributed by atoms with van der Waals surface area (Å²) >= 11 is 0. The van der Waals surface area contributed by atoms with Gasteiger partial charge in [-0.05, 0) is 44.4 Å². The van der Waals surface area contributed by atoms with Crippen LogP contribution in [0.5, 0.6) is 0 Å². The molecule has 0 aromatic heterocycles. The van der Waals surface area contributed by atoms with Gasteiger partial charge in [0.1, 0.15) is 5.54 Å². The number of ether oxygens (including phenoxy) is 1. The van der Waals surface area contributed by atoms with E-state index in [4.69, 9.17) is 14.6 Å². The summed E-state index contributed by atoms with van der Waals surface area (Å²) in [6, 6.07) is 7.94. The average Bonchev–Trinajstić information content (AvgIpc) is 3.13. The molecule has 1 aromatic rings. The van der Waals surface area contributed by atoms with Gasteiger partial charge in [-0.25, -0.2) is 0 Å². The minimum atomic E-state index is -0.436. The number of carbonyl (C=O) groups excluding carboxylic acids is 2. The lowest BCUT2D eigenvalue weighted by atomic mass is 9.79. The van der Waals surface area contributed by atoms with Crippen LogP contribution in [0.3, 0.4) is 0 Å². The molecule has 2 saturated heterocycles. The third kappa shape index (κ3) is 5.25. The molecular formula is C23H33N3O5. The number of rotatable bonds is 4. The highest BCUT2D eigenvalue weighted by atomic mass is 16.5. The first-order valence-electron chi connectivity index (χ1n) is 11.2. The Morgan fingerprint density at radius 3 is 2.52 bits per heavy atom. The molecule has 2 aliphatic heterocycles. The number of nitrogens with one attached hydrogen (secondary N) is 1. The Morgan fingerprint density at radius 2 is 1.90 bits per heavy atom. The van der Waals surface area contributed by atoms with Gasteiger partial charge in [0.05, 0.1) is 13.2 Å². The van der Waals surface area contributed by atoms with E-state index in [-0.39, 0.29) is 24.3 Å². The lowest BCUT2D eigenvalue weighted by Crippen LogP contribution is -2.60. The van der Waals surface area contributed by atoms with E-state index in [1.165, 1.54) is 6.42 Å². The van der Waals surface area contributed by atoms with Crippen molar-refractivity contribution in [2.75, 3.05) is 36.5 Å². The Balaban J connectivity index is 0.000000858. The minimum absolute atomic E-state index is 0.0899. The number of morpholine rings is 1. The maximum Gasteiger partial charge on any atom is 0.290 e. The van der Waals surface area contributed by atoms with E-state index < -0.39 is 5.54 Å². The molecule has 2 amide bonds. The average molecular weight is 432 g/mol. The molecule has 1 aliphatic carbocycles. The molecule has 1 aromatic carbocycles. The molecule has 0 bridgehead atoms. The third-order valence-corrected chi connectivity index (χ3v) is 6.59. The lowest BCUT2D eigenvalue weighted by molar-refractivity contribution is -0.134. The van der Waals surface area contributed by atoms with Crippen molar-refractivity contribution in [3.05, 3.63) is 24.3 Å². The number of anilines is 2. The van der Waals surface area contributed by atoms with Gasteiger partial charge in [-0.3, -0.25) is 19.3 Å². The molecule has 8 heteroatoms. The Kier molecular flexibility index (Phi) is 8.03. The van der Waals surface area contributed by atoms with Gasteiger partial charge in [-0.2, -0.15) is 0 Å². The molecule has 4 rings (SSSR count). The molecule has 0 spiro atoms. The van der Waals surface area contributed by atoms with E-state index in [0.717, 1.165) is 56.6 Å². The Hall–Kier alpha value is -2.45. The maximum absolute atomic E-state index is 13.5. The number of hydrogen-bond acceptors (Lipinski definition) is 5. The van der Waals surface area contributed by atoms with Crippen molar-refractivity contribution in [1.29, 1.82) is 0 Å². The Morgan fingerprint density at radius 1 is 1.23 bits per heavy atom. The number of benzene rings is 1. The third-order valence-electron chi connectivity index (χ3n) is 6.59. The summed E-state index contributed by atoms with van der Waals surface area (Å²) in [6.45, 7) is 4.84. The standard InChI is InChI=1S/C22H31N3O3.CH2O2/c1-17-8-9-20(26)25(17)19-7-5-6-18(16-19)23-21(27)22(10-3-2-4-11-22)24-12-14-28-15-13-24;2-1-3/h5-7,16-17H,2-4,8-15H2,1H3,(H,23,27);1H,(H,2,3). The first-order chi connectivity index (χ1) is 15.0. The number of amides is 2. The normalized spacial score (nSPS) is 23.6. The Bertz CT molecular complexity index is 772. The maximum atomic E-state index is 13.5. The zero-order chi connectivity index (χ0) is 22.3. The van der Waals surface area contributed by atoms with Gasteiger partial charge < -0.3 is 20.1 Å². The predicted molar refractivity (Wildman–Crippen MR) is 118 cm³/mol. The molecule has 31 heavy (non-hydrogen) atoms. The lowest BCUT2D eigenvalue weighted by Gasteiger charge is -2.46. The van der Waals surface area contributed by atoms with Crippen LogP contribution < -0.4 is 10.2 Å². The van der Waals surface area contributed by atoms with E-state index in [1.807, 2.05) is 29.2 Å². The molecule has 2 N–H and O–H groups in total. The summed E-state index contributed by atoms with van der Waals surface area (Å²) in [5.74, 6) is 0.250. The van der Waals surface area contributed by atoms with E-state index >= 15 is 0 Å². The van der Waals surface area contributed by atoms with Gasteiger partial charge in [0, 0.05) is 36.9 Å². The first-order valence-corrected chi connectivity index (χ1v) is 11.2. The topological polar surface area (TPSA) is 99.2 Å². The predicted octanol–water partition coefficient (Wildman–Crippen LogP) is 2.88. The zero-order valence-electron chi connectivity index (χ0n) is 18.2. The number of nitrogens with zero attached hydrogens (tertiary/aromatic N) is 2. The second-order valence-electron chi connectivity index (χ2n) is 8.45.